The standard InChI is InChI=1S/C21H27N5O4/c1-13(2)12-25-19-14(5-8-16(27)24-9-3-4-10-24)11-22-26(19)21(30)17(20(25)29)18(28)23-15-6-7-15/h5,8,11,13,15,30H,3-4,6-7,9-10,12H2,1-2H3,(H,23,28)/b8-5+. The average molecular weight is 413 g/mol. The van der Waals surface area contributed by atoms with Gasteiger partial charge in [0.05, 0.1) is 6.20 Å². The van der Waals surface area contributed by atoms with E-state index in [4.69, 9.17) is 0 Å². The summed E-state index contributed by atoms with van der Waals surface area (Å²) in [4.78, 5) is 39.9. The van der Waals surface area contributed by atoms with E-state index < -0.39 is 17.3 Å². The van der Waals surface area contributed by atoms with Gasteiger partial charge in [0.25, 0.3) is 11.5 Å². The zero-order chi connectivity index (χ0) is 21.4. The molecule has 0 unspecified atom stereocenters. The largest absolute Gasteiger partial charge is 0.492 e. The highest BCUT2D eigenvalue weighted by Gasteiger charge is 2.29. The SMILES string of the molecule is CC(C)Cn1c(=O)c(C(=O)NC2CC2)c(O)n2ncc(/C=C/C(=O)N3CCCC3)c12. The van der Waals surface area contributed by atoms with Crippen molar-refractivity contribution >= 4 is 23.5 Å². The lowest BCUT2D eigenvalue weighted by Gasteiger charge is -2.15. The number of amides is 2. The first-order chi connectivity index (χ1) is 14.4. The number of hydrogen-bond donors (Lipinski definition) is 2. The molecule has 0 radical (unpaired) electrons. The lowest BCUT2D eigenvalue weighted by atomic mass is 10.2. The van der Waals surface area contributed by atoms with Crippen LogP contribution in [0.3, 0.4) is 0 Å². The first-order valence-corrected chi connectivity index (χ1v) is 10.5. The van der Waals surface area contributed by atoms with Gasteiger partial charge in [-0.3, -0.25) is 19.0 Å². The molecule has 160 valence electrons. The summed E-state index contributed by atoms with van der Waals surface area (Å²) < 4.78 is 2.66. The molecule has 0 bridgehead atoms. The van der Waals surface area contributed by atoms with Gasteiger partial charge < -0.3 is 15.3 Å². The number of fused-ring (bicyclic) bond motifs is 1. The summed E-state index contributed by atoms with van der Waals surface area (Å²) in [7, 11) is 0. The van der Waals surface area contributed by atoms with Crippen molar-refractivity contribution in [3.63, 3.8) is 0 Å². The van der Waals surface area contributed by atoms with E-state index in [1.807, 2.05) is 13.8 Å². The number of nitrogens with zero attached hydrogens (tertiary/aromatic N) is 4. The molecular weight excluding hydrogens is 386 g/mol. The van der Waals surface area contributed by atoms with Gasteiger partial charge in [-0.15, -0.1) is 0 Å². The Bertz CT molecular complexity index is 1070. The van der Waals surface area contributed by atoms with Crippen LogP contribution in [-0.4, -0.2) is 55.1 Å². The minimum Gasteiger partial charge on any atom is -0.492 e. The fraction of sp³-hybridized carbons (Fsp3) is 0.524. The molecule has 1 aliphatic carbocycles. The molecule has 2 aromatic heterocycles. The van der Waals surface area contributed by atoms with Crippen LogP contribution in [0.15, 0.2) is 17.1 Å². The van der Waals surface area contributed by atoms with Crippen molar-refractivity contribution in [3.05, 3.63) is 33.8 Å². The van der Waals surface area contributed by atoms with Gasteiger partial charge >= 0.3 is 0 Å². The van der Waals surface area contributed by atoms with Crippen LogP contribution in [0.1, 0.15) is 55.5 Å². The molecule has 0 aromatic carbocycles. The molecule has 0 atom stereocenters. The Balaban J connectivity index is 1.78. The molecule has 2 fully saturated rings. The molecule has 30 heavy (non-hydrogen) atoms. The predicted octanol–water partition coefficient (Wildman–Crippen LogP) is 1.39. The molecule has 3 heterocycles. The van der Waals surface area contributed by atoms with Crippen molar-refractivity contribution in [1.82, 2.24) is 24.4 Å². The molecule has 0 spiro atoms. The maximum atomic E-state index is 13.2. The number of carbonyl (C=O) groups excluding carboxylic acids is 2. The number of aromatic nitrogens is 3. The number of carbonyl (C=O) groups is 2. The minimum atomic E-state index is -0.587. The van der Waals surface area contributed by atoms with Crippen LogP contribution in [0.25, 0.3) is 11.7 Å². The second-order valence-corrected chi connectivity index (χ2v) is 8.46. The van der Waals surface area contributed by atoms with Crippen molar-refractivity contribution in [1.29, 1.82) is 0 Å². The van der Waals surface area contributed by atoms with E-state index >= 15 is 0 Å². The second kappa shape index (κ2) is 7.97. The van der Waals surface area contributed by atoms with Crippen LogP contribution < -0.4 is 10.9 Å². The van der Waals surface area contributed by atoms with Crippen LogP contribution in [0.4, 0.5) is 0 Å². The second-order valence-electron chi connectivity index (χ2n) is 8.46. The molecule has 2 amide bonds. The Morgan fingerprint density at radius 1 is 1.30 bits per heavy atom. The van der Waals surface area contributed by atoms with Crippen molar-refractivity contribution < 1.29 is 14.7 Å². The Morgan fingerprint density at radius 2 is 2.00 bits per heavy atom. The predicted molar refractivity (Wildman–Crippen MR) is 111 cm³/mol. The van der Waals surface area contributed by atoms with Crippen LogP contribution >= 0.6 is 0 Å². The van der Waals surface area contributed by atoms with E-state index in [2.05, 4.69) is 10.4 Å². The minimum absolute atomic E-state index is 0.0539. The van der Waals surface area contributed by atoms with Crippen LogP contribution in [-0.2, 0) is 11.3 Å². The van der Waals surface area contributed by atoms with Gasteiger partial charge in [-0.1, -0.05) is 13.8 Å². The van der Waals surface area contributed by atoms with Crippen molar-refractivity contribution in [3.8, 4) is 5.88 Å². The Kier molecular flexibility index (Phi) is 5.36. The van der Waals surface area contributed by atoms with Gasteiger partial charge in [0.15, 0.2) is 5.56 Å². The number of nitrogens with one attached hydrogen (secondary N) is 1. The molecule has 2 N–H and O–H groups in total. The Morgan fingerprint density at radius 3 is 2.63 bits per heavy atom. The highest BCUT2D eigenvalue weighted by atomic mass is 16.3. The maximum absolute atomic E-state index is 13.2. The molecular formula is C21H27N5O4. The van der Waals surface area contributed by atoms with E-state index in [0.717, 1.165) is 38.8 Å². The van der Waals surface area contributed by atoms with Gasteiger partial charge in [-0.05, 0) is 37.7 Å². The van der Waals surface area contributed by atoms with Crippen molar-refractivity contribution in [2.24, 2.45) is 5.92 Å². The third kappa shape index (κ3) is 3.83. The fourth-order valence-electron chi connectivity index (χ4n) is 3.75. The van der Waals surface area contributed by atoms with Crippen LogP contribution in [0.2, 0.25) is 0 Å². The lowest BCUT2D eigenvalue weighted by molar-refractivity contribution is -0.124. The average Bonchev–Trinajstić information content (AvgIpc) is 3.19. The Hall–Kier alpha value is -3.10. The topological polar surface area (TPSA) is 109 Å². The maximum Gasteiger partial charge on any atom is 0.270 e. The zero-order valence-corrected chi connectivity index (χ0v) is 17.3. The lowest BCUT2D eigenvalue weighted by Crippen LogP contribution is -2.36. The van der Waals surface area contributed by atoms with Gasteiger partial charge in [0, 0.05) is 37.3 Å². The van der Waals surface area contributed by atoms with E-state index in [1.54, 1.807) is 11.0 Å². The smallest absolute Gasteiger partial charge is 0.270 e. The first-order valence-electron chi connectivity index (χ1n) is 10.5. The summed E-state index contributed by atoms with van der Waals surface area (Å²) in [5.41, 5.74) is 0.0269. The summed E-state index contributed by atoms with van der Waals surface area (Å²) >= 11 is 0. The molecule has 2 aliphatic rings. The molecule has 1 saturated heterocycles. The monoisotopic (exact) mass is 413 g/mol. The van der Waals surface area contributed by atoms with Crippen molar-refractivity contribution in [2.75, 3.05) is 13.1 Å². The van der Waals surface area contributed by atoms with Gasteiger partial charge in [-0.2, -0.15) is 9.61 Å². The Labute approximate surface area is 174 Å². The van der Waals surface area contributed by atoms with E-state index in [1.165, 1.54) is 21.4 Å². The molecule has 9 heteroatoms. The summed E-state index contributed by atoms with van der Waals surface area (Å²) in [6.45, 7) is 5.76. The first kappa shape index (κ1) is 20.2. The summed E-state index contributed by atoms with van der Waals surface area (Å²) in [6, 6.07) is 0.0539. The molecule has 1 aliphatic heterocycles. The third-order valence-electron chi connectivity index (χ3n) is 5.42. The molecule has 2 aromatic rings. The van der Waals surface area contributed by atoms with Crippen LogP contribution in [0, 0.1) is 5.92 Å². The number of aromatic hydroxyl groups is 1. The number of likely N-dealkylation sites (tertiary alicyclic amines) is 1. The highest BCUT2D eigenvalue weighted by Crippen LogP contribution is 2.23. The van der Waals surface area contributed by atoms with Gasteiger partial charge in [0.1, 0.15) is 5.65 Å². The number of hydrogen-bond acceptors (Lipinski definition) is 5. The number of rotatable bonds is 6. The molecule has 4 rings (SSSR count). The fourth-order valence-corrected chi connectivity index (χ4v) is 3.75. The summed E-state index contributed by atoms with van der Waals surface area (Å²) in [6.07, 6.45) is 8.32. The van der Waals surface area contributed by atoms with E-state index in [9.17, 15) is 19.5 Å². The zero-order valence-electron chi connectivity index (χ0n) is 17.3. The van der Waals surface area contributed by atoms with E-state index in [0.29, 0.717) is 17.8 Å². The van der Waals surface area contributed by atoms with Crippen LogP contribution in [0.5, 0.6) is 5.88 Å². The van der Waals surface area contributed by atoms with Gasteiger partial charge in [0.2, 0.25) is 11.8 Å². The third-order valence-corrected chi connectivity index (χ3v) is 5.42. The molecule has 9 nitrogen and oxygen atoms in total. The normalized spacial score (nSPS) is 16.8. The quantitative estimate of drug-likeness (QED) is 0.696. The molecule has 1 saturated carbocycles. The van der Waals surface area contributed by atoms with Crippen molar-refractivity contribution in [2.45, 2.75) is 52.1 Å². The summed E-state index contributed by atoms with van der Waals surface area (Å²) in [5, 5.41) is 17.6. The van der Waals surface area contributed by atoms with Gasteiger partial charge in [-0.25, -0.2) is 0 Å². The summed E-state index contributed by atoms with van der Waals surface area (Å²) in [5.74, 6) is -1.04. The highest BCUT2D eigenvalue weighted by molar-refractivity contribution is 5.97. The van der Waals surface area contributed by atoms with E-state index in [-0.39, 0.29) is 23.4 Å².